The molecule has 2 unspecified atom stereocenters. The van der Waals surface area contributed by atoms with Gasteiger partial charge in [0, 0.05) is 55.6 Å². The number of nitrogens with zero attached hydrogens (tertiary/aromatic N) is 3. The summed E-state index contributed by atoms with van der Waals surface area (Å²) in [5.74, 6) is 0.540. The lowest BCUT2D eigenvalue weighted by Crippen LogP contribution is -2.54. The third-order valence-corrected chi connectivity index (χ3v) is 8.56. The van der Waals surface area contributed by atoms with Crippen molar-refractivity contribution in [1.82, 2.24) is 9.80 Å². The molecule has 2 aliphatic heterocycles. The quantitative estimate of drug-likeness (QED) is 0.367. The van der Waals surface area contributed by atoms with Gasteiger partial charge in [0.05, 0.1) is 13.2 Å². The first-order valence-electron chi connectivity index (χ1n) is 14.7. The summed E-state index contributed by atoms with van der Waals surface area (Å²) in [6.07, 6.45) is 5.41. The third-order valence-electron chi connectivity index (χ3n) is 8.56. The molecule has 3 aliphatic rings. The molecular weight excluding hydrogens is 533 g/mol. The highest BCUT2D eigenvalue weighted by Gasteiger charge is 2.41. The molecule has 3 aromatic rings. The number of hydrogen-bond acceptors (Lipinski definition) is 5. The molecular formula is C34H36FN3O4. The summed E-state index contributed by atoms with van der Waals surface area (Å²) in [6.45, 7) is 2.96. The summed E-state index contributed by atoms with van der Waals surface area (Å²) in [4.78, 5) is 32.8. The summed E-state index contributed by atoms with van der Waals surface area (Å²) >= 11 is 0. The summed E-state index contributed by atoms with van der Waals surface area (Å²) in [5, 5.41) is 0. The maximum absolute atomic E-state index is 14.5. The second-order valence-electron chi connectivity index (χ2n) is 11.1. The van der Waals surface area contributed by atoms with E-state index < -0.39 is 0 Å². The van der Waals surface area contributed by atoms with Crippen LogP contribution in [0.15, 0.2) is 78.6 Å². The van der Waals surface area contributed by atoms with Crippen LogP contribution in [0.4, 0.5) is 10.1 Å². The van der Waals surface area contributed by atoms with Crippen LogP contribution >= 0.6 is 0 Å². The lowest BCUT2D eigenvalue weighted by molar-refractivity contribution is -0.149. The maximum atomic E-state index is 14.5. The van der Waals surface area contributed by atoms with E-state index in [1.807, 2.05) is 35.2 Å². The molecule has 3 fully saturated rings. The van der Waals surface area contributed by atoms with Gasteiger partial charge in [-0.25, -0.2) is 4.39 Å². The zero-order chi connectivity index (χ0) is 29.1. The lowest BCUT2D eigenvalue weighted by Gasteiger charge is -2.44. The number of morpholine rings is 1. The molecule has 2 atom stereocenters. The number of ether oxygens (including phenoxy) is 2. The van der Waals surface area contributed by atoms with Crippen molar-refractivity contribution in [2.75, 3.05) is 38.2 Å². The van der Waals surface area contributed by atoms with Gasteiger partial charge in [-0.1, -0.05) is 42.8 Å². The standard InChI is InChI=1S/C34H36FN3O4/c1-41-28-9-6-8-27(22-28)36-17-19-37(20-18-36)33(39)25-15-13-24(14-16-25)21-32-34(40)38(23-26-7-2-3-10-29(26)35)30-11-4-5-12-31(30)42-32/h2-3,6-10,13-16,21-22,30-31H,4-5,11-12,17-20,23H2,1H3/b32-21-. The van der Waals surface area contributed by atoms with Crippen molar-refractivity contribution in [1.29, 1.82) is 0 Å². The number of hydrogen-bond donors (Lipinski definition) is 0. The van der Waals surface area contributed by atoms with Crippen LogP contribution in [0.2, 0.25) is 0 Å². The van der Waals surface area contributed by atoms with Gasteiger partial charge < -0.3 is 24.2 Å². The van der Waals surface area contributed by atoms with Gasteiger partial charge >= 0.3 is 0 Å². The van der Waals surface area contributed by atoms with E-state index in [4.69, 9.17) is 9.47 Å². The Kier molecular flexibility index (Phi) is 8.13. The van der Waals surface area contributed by atoms with Gasteiger partial charge in [0.1, 0.15) is 17.7 Å². The molecule has 8 heteroatoms. The fourth-order valence-corrected chi connectivity index (χ4v) is 6.20. The van der Waals surface area contributed by atoms with Crippen LogP contribution in [0.25, 0.3) is 6.08 Å². The second-order valence-corrected chi connectivity index (χ2v) is 11.1. The van der Waals surface area contributed by atoms with Crippen molar-refractivity contribution >= 4 is 23.6 Å². The van der Waals surface area contributed by atoms with Crippen LogP contribution in [-0.4, -0.2) is 67.0 Å². The number of anilines is 1. The van der Waals surface area contributed by atoms with Crippen LogP contribution < -0.4 is 9.64 Å². The molecule has 6 rings (SSSR count). The number of carbonyl (C=O) groups excluding carboxylic acids is 2. The van der Waals surface area contributed by atoms with Crippen molar-refractivity contribution in [2.24, 2.45) is 0 Å². The smallest absolute Gasteiger partial charge is 0.289 e. The zero-order valence-corrected chi connectivity index (χ0v) is 23.9. The Labute approximate surface area is 246 Å². The lowest BCUT2D eigenvalue weighted by atomic mass is 9.89. The summed E-state index contributed by atoms with van der Waals surface area (Å²) < 4.78 is 26.1. The van der Waals surface area contributed by atoms with Gasteiger partial charge in [0.25, 0.3) is 11.8 Å². The summed E-state index contributed by atoms with van der Waals surface area (Å²) in [6, 6.07) is 21.8. The van der Waals surface area contributed by atoms with E-state index >= 15 is 0 Å². The first-order valence-corrected chi connectivity index (χ1v) is 14.7. The number of methoxy groups -OCH3 is 1. The van der Waals surface area contributed by atoms with Crippen molar-refractivity contribution in [3.63, 3.8) is 0 Å². The van der Waals surface area contributed by atoms with Crippen LogP contribution in [0.5, 0.6) is 5.75 Å². The van der Waals surface area contributed by atoms with E-state index in [0.29, 0.717) is 24.2 Å². The topological polar surface area (TPSA) is 62.3 Å². The predicted octanol–water partition coefficient (Wildman–Crippen LogP) is 5.51. The molecule has 7 nitrogen and oxygen atoms in total. The summed E-state index contributed by atoms with van der Waals surface area (Å²) in [7, 11) is 1.66. The van der Waals surface area contributed by atoms with Crippen LogP contribution in [0.1, 0.15) is 47.2 Å². The maximum Gasteiger partial charge on any atom is 0.289 e. The van der Waals surface area contributed by atoms with E-state index in [1.54, 1.807) is 48.4 Å². The van der Waals surface area contributed by atoms with E-state index in [9.17, 15) is 14.0 Å². The minimum Gasteiger partial charge on any atom is -0.497 e. The Bertz CT molecular complexity index is 1470. The van der Waals surface area contributed by atoms with E-state index in [2.05, 4.69) is 11.0 Å². The van der Waals surface area contributed by atoms with E-state index in [1.165, 1.54) is 6.07 Å². The monoisotopic (exact) mass is 569 g/mol. The zero-order valence-electron chi connectivity index (χ0n) is 23.9. The third kappa shape index (κ3) is 5.84. The number of piperazine rings is 1. The van der Waals surface area contributed by atoms with Crippen molar-refractivity contribution in [3.05, 3.63) is 101 Å². The average Bonchev–Trinajstić information content (AvgIpc) is 3.04. The predicted molar refractivity (Wildman–Crippen MR) is 160 cm³/mol. The Hall–Kier alpha value is -4.33. The molecule has 3 aromatic carbocycles. The highest BCUT2D eigenvalue weighted by Crippen LogP contribution is 2.34. The molecule has 42 heavy (non-hydrogen) atoms. The SMILES string of the molecule is COc1cccc(N2CCN(C(=O)c3ccc(/C=C4\OC5CCCCC5N(Cc5ccccc5F)C4=O)cc3)CC2)c1. The number of carbonyl (C=O) groups is 2. The van der Waals surface area contributed by atoms with Gasteiger partial charge in [-0.2, -0.15) is 0 Å². The fourth-order valence-electron chi connectivity index (χ4n) is 6.20. The van der Waals surface area contributed by atoms with Crippen LogP contribution in [0.3, 0.4) is 0 Å². The number of rotatable bonds is 6. The van der Waals surface area contributed by atoms with Crippen molar-refractivity contribution < 1.29 is 23.5 Å². The molecule has 2 heterocycles. The normalized spacial score (nSPS) is 21.6. The minimum absolute atomic E-state index is 0.00871. The molecule has 0 bridgehead atoms. The molecule has 2 amide bonds. The first kappa shape index (κ1) is 27.8. The van der Waals surface area contributed by atoms with Crippen molar-refractivity contribution in [3.8, 4) is 5.75 Å². The summed E-state index contributed by atoms with van der Waals surface area (Å²) in [5.41, 5.74) is 2.98. The largest absolute Gasteiger partial charge is 0.497 e. The molecule has 0 N–H and O–H groups in total. The molecule has 0 spiro atoms. The highest BCUT2D eigenvalue weighted by atomic mass is 19.1. The average molecular weight is 570 g/mol. The minimum atomic E-state index is -0.309. The van der Waals surface area contributed by atoms with Gasteiger partial charge in [0.2, 0.25) is 0 Å². The number of benzene rings is 3. The van der Waals surface area contributed by atoms with E-state index in [-0.39, 0.29) is 42.1 Å². The Morgan fingerprint density at radius 3 is 2.50 bits per heavy atom. The van der Waals surface area contributed by atoms with Gasteiger partial charge in [-0.05, 0) is 61.2 Å². The molecule has 2 saturated heterocycles. The first-order chi connectivity index (χ1) is 20.5. The number of fused-ring (bicyclic) bond motifs is 1. The van der Waals surface area contributed by atoms with Crippen LogP contribution in [-0.2, 0) is 16.1 Å². The van der Waals surface area contributed by atoms with E-state index in [0.717, 1.165) is 55.8 Å². The Balaban J connectivity index is 1.13. The van der Waals surface area contributed by atoms with Gasteiger partial charge in [-0.15, -0.1) is 0 Å². The molecule has 1 saturated carbocycles. The highest BCUT2D eigenvalue weighted by molar-refractivity contribution is 5.97. The van der Waals surface area contributed by atoms with Gasteiger partial charge in [-0.3, -0.25) is 9.59 Å². The fraction of sp³-hybridized carbons (Fsp3) is 0.353. The Morgan fingerprint density at radius 1 is 0.976 bits per heavy atom. The molecule has 0 aromatic heterocycles. The molecule has 0 radical (unpaired) electrons. The van der Waals surface area contributed by atoms with Crippen molar-refractivity contribution in [2.45, 2.75) is 44.4 Å². The second kappa shape index (κ2) is 12.3. The number of amides is 2. The molecule has 218 valence electrons. The molecule has 1 aliphatic carbocycles. The Morgan fingerprint density at radius 2 is 1.74 bits per heavy atom. The van der Waals surface area contributed by atoms with Crippen LogP contribution in [0, 0.1) is 5.82 Å². The number of halogens is 1. The van der Waals surface area contributed by atoms with Gasteiger partial charge in [0.15, 0.2) is 5.76 Å².